The summed E-state index contributed by atoms with van der Waals surface area (Å²) in [6.45, 7) is 7.20. The van der Waals surface area contributed by atoms with Crippen LogP contribution in [0.15, 0.2) is 29.2 Å². The Morgan fingerprint density at radius 1 is 1.28 bits per heavy atom. The Morgan fingerprint density at radius 2 is 1.94 bits per heavy atom. The van der Waals surface area contributed by atoms with Crippen LogP contribution < -0.4 is 5.32 Å². The fourth-order valence-corrected chi connectivity index (χ4v) is 4.34. The van der Waals surface area contributed by atoms with Crippen LogP contribution in [0.2, 0.25) is 0 Å². The van der Waals surface area contributed by atoms with Crippen LogP contribution in [0.5, 0.6) is 0 Å². The van der Waals surface area contributed by atoms with Gasteiger partial charge < -0.3 is 5.32 Å². The first kappa shape index (κ1) is 13.6. The summed E-state index contributed by atoms with van der Waals surface area (Å²) >= 11 is 0. The minimum absolute atomic E-state index is 0.0804. The van der Waals surface area contributed by atoms with Gasteiger partial charge in [-0.25, -0.2) is 8.42 Å². The fourth-order valence-electron chi connectivity index (χ4n) is 2.41. The first-order valence-corrected chi connectivity index (χ1v) is 8.01. The number of rotatable bonds is 3. The Hall–Kier alpha value is -0.870. The van der Waals surface area contributed by atoms with Crippen molar-refractivity contribution in [3.63, 3.8) is 0 Å². The Labute approximate surface area is 110 Å². The van der Waals surface area contributed by atoms with Crippen molar-refractivity contribution in [2.45, 2.75) is 43.5 Å². The van der Waals surface area contributed by atoms with Crippen LogP contribution in [-0.2, 0) is 9.84 Å². The summed E-state index contributed by atoms with van der Waals surface area (Å²) in [4.78, 5) is 0.533. The second-order valence-electron chi connectivity index (χ2n) is 5.98. The highest BCUT2D eigenvalue weighted by molar-refractivity contribution is 7.91. The maximum absolute atomic E-state index is 12.0. The average Bonchev–Trinajstić information content (AvgIpc) is 2.50. The molecule has 0 saturated heterocycles. The summed E-state index contributed by atoms with van der Waals surface area (Å²) in [6.07, 6.45) is 0.869. The zero-order chi connectivity index (χ0) is 13.4. The summed E-state index contributed by atoms with van der Waals surface area (Å²) < 4.78 is 24.0. The number of fused-ring (bicyclic) bond motifs is 1. The maximum atomic E-state index is 12.0. The van der Waals surface area contributed by atoms with E-state index in [1.54, 1.807) is 12.1 Å². The third kappa shape index (κ3) is 2.93. The molecule has 1 atom stereocenters. The SMILES string of the molecule is CC(C)(C)NCCC1CS(=O)(=O)c2ccccc21. The molecule has 18 heavy (non-hydrogen) atoms. The van der Waals surface area contributed by atoms with Crippen LogP contribution >= 0.6 is 0 Å². The lowest BCUT2D eigenvalue weighted by Gasteiger charge is -2.21. The molecule has 0 fully saturated rings. The second kappa shape index (κ2) is 4.67. The highest BCUT2D eigenvalue weighted by atomic mass is 32.2. The van der Waals surface area contributed by atoms with Gasteiger partial charge in [0.1, 0.15) is 0 Å². The van der Waals surface area contributed by atoms with Crippen LogP contribution in [0, 0.1) is 0 Å². The molecule has 0 saturated carbocycles. The van der Waals surface area contributed by atoms with Gasteiger partial charge in [-0.15, -0.1) is 0 Å². The van der Waals surface area contributed by atoms with Gasteiger partial charge in [0.05, 0.1) is 10.6 Å². The number of benzene rings is 1. The Morgan fingerprint density at radius 3 is 2.61 bits per heavy atom. The average molecular weight is 267 g/mol. The molecule has 0 spiro atoms. The van der Waals surface area contributed by atoms with Crippen LogP contribution in [0.25, 0.3) is 0 Å². The van der Waals surface area contributed by atoms with Gasteiger partial charge >= 0.3 is 0 Å². The Balaban J connectivity index is 2.09. The van der Waals surface area contributed by atoms with E-state index in [1.807, 2.05) is 12.1 Å². The van der Waals surface area contributed by atoms with E-state index < -0.39 is 9.84 Å². The molecule has 4 heteroatoms. The molecule has 100 valence electrons. The zero-order valence-corrected chi connectivity index (χ0v) is 12.0. The van der Waals surface area contributed by atoms with E-state index in [4.69, 9.17) is 0 Å². The molecule has 1 aromatic carbocycles. The lowest BCUT2D eigenvalue weighted by molar-refractivity contribution is 0.414. The summed E-state index contributed by atoms with van der Waals surface area (Å²) in [5, 5.41) is 3.41. The van der Waals surface area contributed by atoms with Gasteiger partial charge in [0, 0.05) is 11.5 Å². The summed E-state index contributed by atoms with van der Waals surface area (Å²) in [5.74, 6) is 0.402. The summed E-state index contributed by atoms with van der Waals surface area (Å²) in [7, 11) is -3.05. The third-order valence-corrected chi connectivity index (χ3v) is 5.15. The molecule has 1 aliphatic heterocycles. The van der Waals surface area contributed by atoms with Crippen molar-refractivity contribution >= 4 is 9.84 Å². The van der Waals surface area contributed by atoms with Crippen LogP contribution in [0.3, 0.4) is 0 Å². The lowest BCUT2D eigenvalue weighted by atomic mass is 9.97. The molecule has 0 amide bonds. The molecule has 1 heterocycles. The highest BCUT2D eigenvalue weighted by Crippen LogP contribution is 2.36. The van der Waals surface area contributed by atoms with E-state index in [0.29, 0.717) is 4.90 Å². The van der Waals surface area contributed by atoms with Crippen molar-refractivity contribution in [1.82, 2.24) is 5.32 Å². The van der Waals surface area contributed by atoms with Gasteiger partial charge in [-0.3, -0.25) is 0 Å². The molecule has 3 nitrogen and oxygen atoms in total. The van der Waals surface area contributed by atoms with Crippen LogP contribution in [0.1, 0.15) is 38.7 Å². The smallest absolute Gasteiger partial charge is 0.179 e. The lowest BCUT2D eigenvalue weighted by Crippen LogP contribution is -2.36. The molecule has 0 radical (unpaired) electrons. The quantitative estimate of drug-likeness (QED) is 0.914. The van der Waals surface area contributed by atoms with Gasteiger partial charge in [-0.1, -0.05) is 18.2 Å². The van der Waals surface area contributed by atoms with Crippen molar-refractivity contribution in [2.75, 3.05) is 12.3 Å². The molecule has 0 aliphatic carbocycles. The van der Waals surface area contributed by atoms with E-state index in [-0.39, 0.29) is 17.2 Å². The van der Waals surface area contributed by atoms with E-state index in [1.165, 1.54) is 0 Å². The monoisotopic (exact) mass is 267 g/mol. The predicted molar refractivity (Wildman–Crippen MR) is 73.6 cm³/mol. The third-order valence-electron chi connectivity index (χ3n) is 3.26. The van der Waals surface area contributed by atoms with Crippen molar-refractivity contribution < 1.29 is 8.42 Å². The van der Waals surface area contributed by atoms with E-state index in [2.05, 4.69) is 26.1 Å². The number of hydrogen-bond acceptors (Lipinski definition) is 3. The molecule has 0 bridgehead atoms. The van der Waals surface area contributed by atoms with Gasteiger partial charge in [-0.05, 0) is 45.4 Å². The minimum atomic E-state index is -3.05. The van der Waals surface area contributed by atoms with Gasteiger partial charge in [-0.2, -0.15) is 0 Å². The maximum Gasteiger partial charge on any atom is 0.179 e. The Kier molecular flexibility index (Phi) is 3.52. The van der Waals surface area contributed by atoms with Crippen LogP contribution in [0.4, 0.5) is 0 Å². The molecular formula is C14H21NO2S. The highest BCUT2D eigenvalue weighted by Gasteiger charge is 2.33. The van der Waals surface area contributed by atoms with Crippen molar-refractivity contribution in [1.29, 1.82) is 0 Å². The van der Waals surface area contributed by atoms with Gasteiger partial charge in [0.2, 0.25) is 0 Å². The summed E-state index contributed by atoms with van der Waals surface area (Å²) in [5.41, 5.74) is 1.07. The number of hydrogen-bond donors (Lipinski definition) is 1. The summed E-state index contributed by atoms with van der Waals surface area (Å²) in [6, 6.07) is 7.39. The van der Waals surface area contributed by atoms with E-state index in [0.717, 1.165) is 18.5 Å². The van der Waals surface area contributed by atoms with Crippen LogP contribution in [-0.4, -0.2) is 26.3 Å². The van der Waals surface area contributed by atoms with Crippen molar-refractivity contribution in [3.05, 3.63) is 29.8 Å². The standard InChI is InChI=1S/C14H21NO2S/c1-14(2,3)15-9-8-11-10-18(16,17)13-7-5-4-6-12(11)13/h4-7,11,15H,8-10H2,1-3H3. The van der Waals surface area contributed by atoms with Crippen molar-refractivity contribution in [2.24, 2.45) is 0 Å². The normalized spacial score (nSPS) is 21.8. The fraction of sp³-hybridized carbons (Fsp3) is 0.571. The molecule has 1 aliphatic rings. The topological polar surface area (TPSA) is 46.2 Å². The molecule has 0 aromatic heterocycles. The number of sulfone groups is 1. The molecule has 1 unspecified atom stereocenters. The minimum Gasteiger partial charge on any atom is -0.312 e. The first-order valence-electron chi connectivity index (χ1n) is 6.36. The van der Waals surface area contributed by atoms with Gasteiger partial charge in [0.25, 0.3) is 0 Å². The predicted octanol–water partition coefficient (Wildman–Crippen LogP) is 2.34. The molecule has 2 rings (SSSR count). The zero-order valence-electron chi connectivity index (χ0n) is 11.2. The Bertz CT molecular complexity index is 529. The molecule has 1 N–H and O–H groups in total. The van der Waals surface area contributed by atoms with E-state index >= 15 is 0 Å². The first-order chi connectivity index (χ1) is 8.30. The van der Waals surface area contributed by atoms with Gasteiger partial charge in [0.15, 0.2) is 9.84 Å². The number of nitrogens with one attached hydrogen (secondary N) is 1. The second-order valence-corrected chi connectivity index (χ2v) is 7.98. The molecular weight excluding hydrogens is 246 g/mol. The molecule has 1 aromatic rings. The van der Waals surface area contributed by atoms with E-state index in [9.17, 15) is 8.42 Å². The largest absolute Gasteiger partial charge is 0.312 e. The van der Waals surface area contributed by atoms with Crippen molar-refractivity contribution in [3.8, 4) is 0 Å².